The Hall–Kier alpha value is -2.09. The number of carbonyl (C=O) groups excluding carboxylic acids is 1. The Morgan fingerprint density at radius 2 is 1.79 bits per heavy atom. The average molecular weight is 370 g/mol. The van der Waals surface area contributed by atoms with Crippen LogP contribution in [-0.2, 0) is 10.1 Å². The monoisotopic (exact) mass is 369 g/mol. The number of carbonyl (C=O) groups is 1. The Morgan fingerprint density at radius 1 is 1.17 bits per heavy atom. The Labute approximate surface area is 145 Å². The van der Waals surface area contributed by atoms with Crippen molar-refractivity contribution in [3.63, 3.8) is 0 Å². The van der Waals surface area contributed by atoms with Crippen molar-refractivity contribution in [2.75, 3.05) is 5.32 Å². The Balaban J connectivity index is 2.20. The third-order valence-electron chi connectivity index (χ3n) is 2.97. The highest BCUT2D eigenvalue weighted by Gasteiger charge is 2.14. The lowest BCUT2D eigenvalue weighted by molar-refractivity contribution is 0.102. The Kier molecular flexibility index (Phi) is 5.48. The molecule has 0 bridgehead atoms. The Bertz CT molecular complexity index is 847. The van der Waals surface area contributed by atoms with Gasteiger partial charge in [-0.1, -0.05) is 11.6 Å². The molecule has 0 aliphatic rings. The predicted molar refractivity (Wildman–Crippen MR) is 91.4 cm³/mol. The molecule has 0 aromatic heterocycles. The number of ether oxygens (including phenoxy) is 1. The number of hydrogen-bond acceptors (Lipinski definition) is 4. The van der Waals surface area contributed by atoms with E-state index in [1.165, 1.54) is 6.07 Å². The molecule has 0 aliphatic heterocycles. The van der Waals surface area contributed by atoms with Crippen molar-refractivity contribution in [3.8, 4) is 5.75 Å². The highest BCUT2D eigenvalue weighted by atomic mass is 35.5. The summed E-state index contributed by atoms with van der Waals surface area (Å²) in [7, 11) is -4.39. The molecule has 0 saturated heterocycles. The van der Waals surface area contributed by atoms with Crippen LogP contribution in [0.3, 0.4) is 0 Å². The summed E-state index contributed by atoms with van der Waals surface area (Å²) in [5, 5.41) is 2.66. The van der Waals surface area contributed by atoms with Gasteiger partial charge in [-0.05, 0) is 56.3 Å². The first-order valence-electron chi connectivity index (χ1n) is 7.02. The maximum absolute atomic E-state index is 12.2. The minimum atomic E-state index is -4.39. The fraction of sp³-hybridized carbons (Fsp3) is 0.188. The molecule has 6 nitrogen and oxygen atoms in total. The third-order valence-corrected chi connectivity index (χ3v) is 4.15. The van der Waals surface area contributed by atoms with Crippen molar-refractivity contribution in [1.82, 2.24) is 0 Å². The van der Waals surface area contributed by atoms with E-state index in [0.29, 0.717) is 11.3 Å². The minimum absolute atomic E-state index is 0.0200. The lowest BCUT2D eigenvalue weighted by atomic mass is 10.2. The van der Waals surface area contributed by atoms with E-state index in [1.807, 2.05) is 13.8 Å². The summed E-state index contributed by atoms with van der Waals surface area (Å²) >= 11 is 5.95. The second-order valence-electron chi connectivity index (χ2n) is 5.26. The molecule has 0 fully saturated rings. The normalized spacial score (nSPS) is 11.4. The van der Waals surface area contributed by atoms with Crippen LogP contribution in [-0.4, -0.2) is 25.0 Å². The molecule has 2 rings (SSSR count). The number of rotatable bonds is 5. The van der Waals surface area contributed by atoms with E-state index >= 15 is 0 Å². The maximum Gasteiger partial charge on any atom is 0.294 e. The smallest absolute Gasteiger partial charge is 0.294 e. The van der Waals surface area contributed by atoms with Crippen LogP contribution in [0.2, 0.25) is 5.02 Å². The molecular formula is C16H16ClNO5S. The Morgan fingerprint density at radius 3 is 2.33 bits per heavy atom. The van der Waals surface area contributed by atoms with Crippen LogP contribution in [0.1, 0.15) is 24.2 Å². The van der Waals surface area contributed by atoms with Crippen molar-refractivity contribution in [3.05, 3.63) is 53.1 Å². The van der Waals surface area contributed by atoms with Gasteiger partial charge in [0.05, 0.1) is 21.7 Å². The van der Waals surface area contributed by atoms with Gasteiger partial charge in [-0.2, -0.15) is 8.42 Å². The fourth-order valence-corrected chi connectivity index (χ4v) is 2.58. The predicted octanol–water partition coefficient (Wildman–Crippen LogP) is 3.63. The molecule has 128 valence electrons. The first-order valence-corrected chi connectivity index (χ1v) is 8.84. The summed E-state index contributed by atoms with van der Waals surface area (Å²) in [6, 6.07) is 9.98. The lowest BCUT2D eigenvalue weighted by Crippen LogP contribution is -2.13. The molecule has 0 radical (unpaired) electrons. The van der Waals surface area contributed by atoms with Crippen LogP contribution >= 0.6 is 11.6 Å². The summed E-state index contributed by atoms with van der Waals surface area (Å²) in [6.45, 7) is 3.79. The van der Waals surface area contributed by atoms with Crippen molar-refractivity contribution >= 4 is 33.3 Å². The fourth-order valence-electron chi connectivity index (χ4n) is 1.91. The summed E-state index contributed by atoms with van der Waals surface area (Å²) in [5.74, 6) is 0.161. The van der Waals surface area contributed by atoms with Crippen LogP contribution in [0.4, 0.5) is 5.69 Å². The van der Waals surface area contributed by atoms with Crippen LogP contribution < -0.4 is 10.1 Å². The van der Waals surface area contributed by atoms with Gasteiger partial charge in [0.2, 0.25) is 0 Å². The van der Waals surface area contributed by atoms with Crippen molar-refractivity contribution in [2.24, 2.45) is 0 Å². The molecule has 2 aromatic carbocycles. The number of amides is 1. The molecule has 0 aliphatic carbocycles. The molecule has 0 atom stereocenters. The van der Waals surface area contributed by atoms with E-state index in [9.17, 15) is 13.2 Å². The quantitative estimate of drug-likeness (QED) is 0.785. The van der Waals surface area contributed by atoms with Crippen LogP contribution in [0.25, 0.3) is 0 Å². The largest absolute Gasteiger partial charge is 0.491 e. The van der Waals surface area contributed by atoms with E-state index in [0.717, 1.165) is 12.1 Å². The van der Waals surface area contributed by atoms with Gasteiger partial charge in [0.15, 0.2) is 0 Å². The summed E-state index contributed by atoms with van der Waals surface area (Å²) < 4.78 is 36.9. The highest BCUT2D eigenvalue weighted by Crippen LogP contribution is 2.26. The summed E-state index contributed by atoms with van der Waals surface area (Å²) in [5.41, 5.74) is 0.429. The van der Waals surface area contributed by atoms with Gasteiger partial charge in [0, 0.05) is 5.56 Å². The van der Waals surface area contributed by atoms with Crippen LogP contribution in [0.5, 0.6) is 5.75 Å². The molecule has 8 heteroatoms. The second-order valence-corrected chi connectivity index (χ2v) is 7.09. The standard InChI is InChI=1S/C16H16ClNO5S/c1-10(2)23-12-5-3-11(4-6-12)16(19)18-15-9-13(24(20,21)22)7-8-14(15)17/h3-10H,1-2H3,(H,18,19)(H,20,21,22). The first kappa shape index (κ1) is 18.3. The first-order chi connectivity index (χ1) is 11.2. The van der Waals surface area contributed by atoms with Crippen molar-refractivity contribution in [2.45, 2.75) is 24.8 Å². The zero-order chi connectivity index (χ0) is 17.9. The molecule has 0 spiro atoms. The zero-order valence-electron chi connectivity index (χ0n) is 13.0. The average Bonchev–Trinajstić information content (AvgIpc) is 2.48. The van der Waals surface area contributed by atoms with E-state index in [2.05, 4.69) is 5.32 Å². The molecule has 24 heavy (non-hydrogen) atoms. The summed E-state index contributed by atoms with van der Waals surface area (Å²) in [4.78, 5) is 11.9. The minimum Gasteiger partial charge on any atom is -0.491 e. The SMILES string of the molecule is CC(C)Oc1ccc(C(=O)Nc2cc(S(=O)(=O)O)ccc2Cl)cc1. The van der Waals surface area contributed by atoms with E-state index in [4.69, 9.17) is 20.9 Å². The molecule has 0 heterocycles. The van der Waals surface area contributed by atoms with E-state index < -0.39 is 16.0 Å². The second kappa shape index (κ2) is 7.21. The number of benzene rings is 2. The number of anilines is 1. The van der Waals surface area contributed by atoms with Gasteiger partial charge in [0.25, 0.3) is 16.0 Å². The number of nitrogens with one attached hydrogen (secondary N) is 1. The van der Waals surface area contributed by atoms with E-state index in [1.54, 1.807) is 24.3 Å². The number of hydrogen-bond donors (Lipinski definition) is 2. The highest BCUT2D eigenvalue weighted by molar-refractivity contribution is 7.85. The molecule has 2 N–H and O–H groups in total. The zero-order valence-corrected chi connectivity index (χ0v) is 14.6. The lowest BCUT2D eigenvalue weighted by Gasteiger charge is -2.11. The molecule has 0 saturated carbocycles. The third kappa shape index (κ3) is 4.70. The van der Waals surface area contributed by atoms with Crippen molar-refractivity contribution < 1.29 is 22.5 Å². The molecular weight excluding hydrogens is 354 g/mol. The van der Waals surface area contributed by atoms with Gasteiger partial charge in [-0.15, -0.1) is 0 Å². The summed E-state index contributed by atoms with van der Waals surface area (Å²) in [6.07, 6.45) is 0.0200. The van der Waals surface area contributed by atoms with Gasteiger partial charge in [-0.25, -0.2) is 0 Å². The molecule has 0 unspecified atom stereocenters. The van der Waals surface area contributed by atoms with Gasteiger partial charge in [0.1, 0.15) is 5.75 Å². The molecule has 2 aromatic rings. The number of halogens is 1. The van der Waals surface area contributed by atoms with Crippen LogP contribution in [0, 0.1) is 0 Å². The van der Waals surface area contributed by atoms with Gasteiger partial charge >= 0.3 is 0 Å². The van der Waals surface area contributed by atoms with E-state index in [-0.39, 0.29) is 21.7 Å². The maximum atomic E-state index is 12.2. The topological polar surface area (TPSA) is 92.7 Å². The van der Waals surface area contributed by atoms with Gasteiger partial charge < -0.3 is 10.1 Å². The van der Waals surface area contributed by atoms with Crippen LogP contribution in [0.15, 0.2) is 47.4 Å². The molecule has 1 amide bonds. The van der Waals surface area contributed by atoms with Crippen molar-refractivity contribution in [1.29, 1.82) is 0 Å². The van der Waals surface area contributed by atoms with Gasteiger partial charge in [-0.3, -0.25) is 9.35 Å².